The number of rotatable bonds is 7. The van der Waals surface area contributed by atoms with Gasteiger partial charge in [0.15, 0.2) is 5.82 Å². The van der Waals surface area contributed by atoms with E-state index in [0.717, 1.165) is 24.8 Å². The summed E-state index contributed by atoms with van der Waals surface area (Å²) in [4.78, 5) is 8.55. The van der Waals surface area contributed by atoms with Gasteiger partial charge in [-0.2, -0.15) is 4.98 Å². The van der Waals surface area contributed by atoms with E-state index in [9.17, 15) is 0 Å². The van der Waals surface area contributed by atoms with Gasteiger partial charge in [0.1, 0.15) is 0 Å². The first-order chi connectivity index (χ1) is 9.65. The van der Waals surface area contributed by atoms with Crippen molar-refractivity contribution in [1.29, 1.82) is 0 Å². The highest BCUT2D eigenvalue weighted by molar-refractivity contribution is 5.13. The van der Waals surface area contributed by atoms with Gasteiger partial charge in [0.25, 0.3) is 0 Å². The molecule has 2 rings (SSSR count). The molecule has 2 aromatic heterocycles. The Balaban J connectivity index is 1.88. The van der Waals surface area contributed by atoms with Crippen molar-refractivity contribution in [3.05, 3.63) is 41.8 Å². The minimum atomic E-state index is 0.256. The zero-order valence-electron chi connectivity index (χ0n) is 12.1. The third-order valence-electron chi connectivity index (χ3n) is 3.29. The van der Waals surface area contributed by atoms with Gasteiger partial charge in [-0.3, -0.25) is 4.98 Å². The molecule has 2 unspecified atom stereocenters. The van der Waals surface area contributed by atoms with Crippen LogP contribution in [0.2, 0.25) is 0 Å². The van der Waals surface area contributed by atoms with Crippen LogP contribution < -0.4 is 5.73 Å². The third kappa shape index (κ3) is 4.42. The van der Waals surface area contributed by atoms with E-state index in [2.05, 4.69) is 22.0 Å². The quantitative estimate of drug-likeness (QED) is 0.839. The van der Waals surface area contributed by atoms with Gasteiger partial charge >= 0.3 is 0 Å². The van der Waals surface area contributed by atoms with E-state index in [-0.39, 0.29) is 12.0 Å². The molecule has 0 fully saturated rings. The molecular weight excluding hydrogens is 252 g/mol. The molecule has 2 heterocycles. The van der Waals surface area contributed by atoms with Gasteiger partial charge in [0.2, 0.25) is 5.89 Å². The molecule has 0 spiro atoms. The largest absolute Gasteiger partial charge is 0.339 e. The van der Waals surface area contributed by atoms with Crippen LogP contribution in [-0.2, 0) is 6.42 Å². The number of nitrogens with zero attached hydrogens (tertiary/aromatic N) is 3. The molecule has 5 nitrogen and oxygen atoms in total. The smallest absolute Gasteiger partial charge is 0.229 e. The van der Waals surface area contributed by atoms with Crippen LogP contribution in [0.25, 0.3) is 0 Å². The highest BCUT2D eigenvalue weighted by Crippen LogP contribution is 2.20. The average Bonchev–Trinajstić information content (AvgIpc) is 2.88. The molecule has 0 aliphatic carbocycles. The Labute approximate surface area is 119 Å². The monoisotopic (exact) mass is 274 g/mol. The van der Waals surface area contributed by atoms with Crippen LogP contribution in [0.3, 0.4) is 0 Å². The maximum Gasteiger partial charge on any atom is 0.229 e. The summed E-state index contributed by atoms with van der Waals surface area (Å²) >= 11 is 0. The molecule has 0 amide bonds. The van der Waals surface area contributed by atoms with Crippen LogP contribution in [0.1, 0.15) is 56.3 Å². The fourth-order valence-electron chi connectivity index (χ4n) is 2.09. The molecule has 0 aromatic carbocycles. The fourth-order valence-corrected chi connectivity index (χ4v) is 2.09. The van der Waals surface area contributed by atoms with Crippen LogP contribution >= 0.6 is 0 Å². The number of aromatic nitrogens is 3. The minimum absolute atomic E-state index is 0.256. The summed E-state index contributed by atoms with van der Waals surface area (Å²) in [6.07, 6.45) is 7.37. The number of pyridine rings is 1. The molecule has 0 radical (unpaired) electrons. The summed E-state index contributed by atoms with van der Waals surface area (Å²) in [5.74, 6) is 1.71. The van der Waals surface area contributed by atoms with Crippen molar-refractivity contribution in [2.24, 2.45) is 5.73 Å². The molecule has 108 valence electrons. The highest BCUT2D eigenvalue weighted by Gasteiger charge is 2.14. The van der Waals surface area contributed by atoms with Crippen molar-refractivity contribution < 1.29 is 4.52 Å². The van der Waals surface area contributed by atoms with E-state index in [1.165, 1.54) is 0 Å². The maximum absolute atomic E-state index is 5.75. The Morgan fingerprint density at radius 2 is 2.15 bits per heavy atom. The lowest BCUT2D eigenvalue weighted by molar-refractivity contribution is 0.346. The van der Waals surface area contributed by atoms with E-state index in [4.69, 9.17) is 10.3 Å². The van der Waals surface area contributed by atoms with Crippen LogP contribution in [-0.4, -0.2) is 21.2 Å². The van der Waals surface area contributed by atoms with Gasteiger partial charge in [-0.15, -0.1) is 0 Å². The number of nitrogens with two attached hydrogens (primary N) is 1. The minimum Gasteiger partial charge on any atom is -0.339 e. The number of hydrogen-bond acceptors (Lipinski definition) is 5. The third-order valence-corrected chi connectivity index (χ3v) is 3.29. The first-order valence-corrected chi connectivity index (χ1v) is 7.12. The SMILES string of the molecule is CC(N)CCCC(C)c1nc(Cc2cccnc2)no1. The molecular formula is C15H22N4O. The van der Waals surface area contributed by atoms with E-state index in [1.54, 1.807) is 6.20 Å². The standard InChI is InChI=1S/C15H22N4O/c1-11(5-3-6-12(2)16)15-18-14(19-20-15)9-13-7-4-8-17-10-13/h4,7-8,10-12H,3,5-6,9,16H2,1-2H3. The molecule has 2 N–H and O–H groups in total. The summed E-state index contributed by atoms with van der Waals surface area (Å²) in [6, 6.07) is 4.17. The Hall–Kier alpha value is -1.75. The summed E-state index contributed by atoms with van der Waals surface area (Å²) in [5, 5.41) is 4.04. The summed E-state index contributed by atoms with van der Waals surface area (Å²) < 4.78 is 5.34. The molecule has 0 saturated carbocycles. The first kappa shape index (κ1) is 14.7. The Bertz CT molecular complexity index is 510. The molecule has 5 heteroatoms. The van der Waals surface area contributed by atoms with Crippen LogP contribution in [0.15, 0.2) is 29.0 Å². The molecule has 2 atom stereocenters. The van der Waals surface area contributed by atoms with Crippen LogP contribution in [0, 0.1) is 0 Å². The van der Waals surface area contributed by atoms with Crippen molar-refractivity contribution >= 4 is 0 Å². The second-order valence-electron chi connectivity index (χ2n) is 5.40. The van der Waals surface area contributed by atoms with E-state index in [0.29, 0.717) is 18.1 Å². The van der Waals surface area contributed by atoms with Gasteiger partial charge < -0.3 is 10.3 Å². The lowest BCUT2D eigenvalue weighted by Gasteiger charge is -2.07. The summed E-state index contributed by atoms with van der Waals surface area (Å²) in [5.41, 5.74) is 6.84. The van der Waals surface area contributed by atoms with Gasteiger partial charge in [0.05, 0.1) is 0 Å². The van der Waals surface area contributed by atoms with E-state index < -0.39 is 0 Å². The first-order valence-electron chi connectivity index (χ1n) is 7.12. The van der Waals surface area contributed by atoms with Crippen molar-refractivity contribution in [3.63, 3.8) is 0 Å². The van der Waals surface area contributed by atoms with E-state index in [1.807, 2.05) is 25.3 Å². The van der Waals surface area contributed by atoms with Crippen molar-refractivity contribution in [3.8, 4) is 0 Å². The summed E-state index contributed by atoms with van der Waals surface area (Å²) in [6.45, 7) is 4.14. The normalized spacial score (nSPS) is 14.2. The average molecular weight is 274 g/mol. The summed E-state index contributed by atoms with van der Waals surface area (Å²) in [7, 11) is 0. The highest BCUT2D eigenvalue weighted by atomic mass is 16.5. The Morgan fingerprint density at radius 1 is 1.30 bits per heavy atom. The van der Waals surface area contributed by atoms with Crippen molar-refractivity contribution in [2.45, 2.75) is 51.5 Å². The molecule has 20 heavy (non-hydrogen) atoms. The molecule has 2 aromatic rings. The predicted molar refractivity (Wildman–Crippen MR) is 77.3 cm³/mol. The van der Waals surface area contributed by atoms with E-state index >= 15 is 0 Å². The molecule has 0 aliphatic rings. The second kappa shape index (κ2) is 7.14. The zero-order valence-corrected chi connectivity index (χ0v) is 12.1. The fraction of sp³-hybridized carbons (Fsp3) is 0.533. The van der Waals surface area contributed by atoms with Gasteiger partial charge in [-0.05, 0) is 31.4 Å². The van der Waals surface area contributed by atoms with Crippen molar-refractivity contribution in [2.75, 3.05) is 0 Å². The Kier molecular flexibility index (Phi) is 5.24. The van der Waals surface area contributed by atoms with Gasteiger partial charge in [-0.25, -0.2) is 0 Å². The topological polar surface area (TPSA) is 77.8 Å². The second-order valence-corrected chi connectivity index (χ2v) is 5.40. The maximum atomic E-state index is 5.75. The van der Waals surface area contributed by atoms with Crippen molar-refractivity contribution in [1.82, 2.24) is 15.1 Å². The lowest BCUT2D eigenvalue weighted by Crippen LogP contribution is -2.14. The Morgan fingerprint density at radius 3 is 2.85 bits per heavy atom. The van der Waals surface area contributed by atoms with Crippen LogP contribution in [0.5, 0.6) is 0 Å². The van der Waals surface area contributed by atoms with Gasteiger partial charge in [0, 0.05) is 30.8 Å². The van der Waals surface area contributed by atoms with Gasteiger partial charge in [-0.1, -0.05) is 24.6 Å². The lowest BCUT2D eigenvalue weighted by atomic mass is 10.0. The zero-order chi connectivity index (χ0) is 14.4. The predicted octanol–water partition coefficient (Wildman–Crippen LogP) is 2.68. The van der Waals surface area contributed by atoms with Crippen LogP contribution in [0.4, 0.5) is 0 Å². The number of hydrogen-bond donors (Lipinski definition) is 1. The molecule has 0 bridgehead atoms. The molecule has 0 saturated heterocycles. The molecule has 0 aliphatic heterocycles.